The number of unbranched alkanes of at least 4 members (excludes halogenated alkanes) is 32. The fraction of sp³-hybridized carbons (Fsp3) is 0.732. The highest BCUT2D eigenvalue weighted by Crippen LogP contribution is 2.16. The lowest BCUT2D eigenvalue weighted by molar-refractivity contribution is -0.167. The predicted octanol–water partition coefficient (Wildman–Crippen LogP) is 22.4. The monoisotopic (exact) mass is 1070 g/mol. The Hall–Kier alpha value is -3.67. The molecule has 0 aromatic rings. The number of allylic oxidation sites excluding steroid dienone is 16. The maximum absolute atomic E-state index is 12.9. The van der Waals surface area contributed by atoms with Crippen LogP contribution in [0.15, 0.2) is 97.2 Å². The number of ether oxygens (including phenoxy) is 3. The summed E-state index contributed by atoms with van der Waals surface area (Å²) in [6.07, 6.45) is 87.0. The van der Waals surface area contributed by atoms with Crippen LogP contribution in [0.5, 0.6) is 0 Å². The van der Waals surface area contributed by atoms with Crippen LogP contribution in [0, 0.1) is 0 Å². The summed E-state index contributed by atoms with van der Waals surface area (Å²) in [6.45, 7) is 6.52. The van der Waals surface area contributed by atoms with Gasteiger partial charge in [-0.25, -0.2) is 0 Å². The SMILES string of the molecule is CC/C=C\C/C=C\C/C=C\C/C=C\C/C=C\CCCCCCCC(=O)OC(COC(=O)CCCCCCCCCCCCC)COC(=O)CCCCCCCCCCCCCC/C=C\C/C=C\C/C=C\CCCCCCC. The van der Waals surface area contributed by atoms with E-state index in [1.165, 1.54) is 154 Å². The molecule has 77 heavy (non-hydrogen) atoms. The van der Waals surface area contributed by atoms with Crippen molar-refractivity contribution >= 4 is 17.9 Å². The summed E-state index contributed by atoms with van der Waals surface area (Å²) in [5.74, 6) is -0.895. The second-order valence-electron chi connectivity index (χ2n) is 21.6. The first-order valence-corrected chi connectivity index (χ1v) is 32.7. The van der Waals surface area contributed by atoms with Gasteiger partial charge in [0.15, 0.2) is 6.10 Å². The van der Waals surface area contributed by atoms with Crippen LogP contribution in [-0.4, -0.2) is 37.2 Å². The highest BCUT2D eigenvalue weighted by Gasteiger charge is 2.19. The van der Waals surface area contributed by atoms with E-state index in [4.69, 9.17) is 14.2 Å². The average molecular weight is 1070 g/mol. The first kappa shape index (κ1) is 73.3. The molecule has 0 aromatic carbocycles. The lowest BCUT2D eigenvalue weighted by Crippen LogP contribution is -2.30. The smallest absolute Gasteiger partial charge is 0.306 e. The molecule has 0 fully saturated rings. The molecule has 0 aliphatic rings. The van der Waals surface area contributed by atoms with Crippen molar-refractivity contribution < 1.29 is 28.6 Å². The Balaban J connectivity index is 4.29. The van der Waals surface area contributed by atoms with E-state index in [9.17, 15) is 14.4 Å². The maximum atomic E-state index is 12.9. The largest absolute Gasteiger partial charge is 0.462 e. The Morgan fingerprint density at radius 1 is 0.273 bits per heavy atom. The van der Waals surface area contributed by atoms with E-state index in [1.54, 1.807) is 0 Å². The van der Waals surface area contributed by atoms with E-state index in [-0.39, 0.29) is 31.1 Å². The molecule has 0 aliphatic heterocycles. The molecule has 6 heteroatoms. The lowest BCUT2D eigenvalue weighted by atomic mass is 10.0. The predicted molar refractivity (Wildman–Crippen MR) is 334 cm³/mol. The molecule has 0 rings (SSSR count). The topological polar surface area (TPSA) is 78.9 Å². The molecule has 0 spiro atoms. The van der Waals surface area contributed by atoms with Gasteiger partial charge in [0.05, 0.1) is 0 Å². The third-order valence-corrected chi connectivity index (χ3v) is 14.1. The summed E-state index contributed by atoms with van der Waals surface area (Å²) in [5, 5.41) is 0. The van der Waals surface area contributed by atoms with Gasteiger partial charge in [-0.1, -0.05) is 291 Å². The van der Waals surface area contributed by atoms with Gasteiger partial charge in [-0.3, -0.25) is 14.4 Å². The third-order valence-electron chi connectivity index (χ3n) is 14.1. The molecule has 0 saturated heterocycles. The Bertz CT molecular complexity index is 1510. The highest BCUT2D eigenvalue weighted by molar-refractivity contribution is 5.71. The van der Waals surface area contributed by atoms with E-state index in [2.05, 4.69) is 118 Å². The van der Waals surface area contributed by atoms with Crippen LogP contribution >= 0.6 is 0 Å². The molecule has 1 atom stereocenters. The van der Waals surface area contributed by atoms with Gasteiger partial charge >= 0.3 is 17.9 Å². The number of rotatable bonds is 59. The zero-order valence-electron chi connectivity index (χ0n) is 50.7. The molecule has 442 valence electrons. The molecule has 0 bridgehead atoms. The van der Waals surface area contributed by atoms with Crippen molar-refractivity contribution in [2.24, 2.45) is 0 Å². The third kappa shape index (κ3) is 63.0. The minimum atomic E-state index is -0.789. The quantitative estimate of drug-likeness (QED) is 0.0261. The van der Waals surface area contributed by atoms with Crippen LogP contribution in [0.4, 0.5) is 0 Å². The molecule has 0 amide bonds. The summed E-state index contributed by atoms with van der Waals surface area (Å²) in [7, 11) is 0. The fourth-order valence-electron chi connectivity index (χ4n) is 9.18. The molecular formula is C71H122O6. The van der Waals surface area contributed by atoms with Crippen LogP contribution in [0.3, 0.4) is 0 Å². The number of esters is 3. The zero-order valence-corrected chi connectivity index (χ0v) is 50.7. The van der Waals surface area contributed by atoms with Gasteiger partial charge in [0, 0.05) is 19.3 Å². The van der Waals surface area contributed by atoms with E-state index in [0.717, 1.165) is 122 Å². The molecule has 0 radical (unpaired) electrons. The molecule has 0 saturated carbocycles. The van der Waals surface area contributed by atoms with Crippen molar-refractivity contribution in [2.45, 2.75) is 322 Å². The van der Waals surface area contributed by atoms with Crippen LogP contribution in [0.1, 0.15) is 316 Å². The summed E-state index contributed by atoms with van der Waals surface area (Å²) in [5.41, 5.74) is 0. The van der Waals surface area contributed by atoms with Crippen LogP contribution in [0.2, 0.25) is 0 Å². The molecule has 6 nitrogen and oxygen atoms in total. The maximum Gasteiger partial charge on any atom is 0.306 e. The number of hydrogen-bond donors (Lipinski definition) is 0. The molecule has 0 N–H and O–H groups in total. The van der Waals surface area contributed by atoms with Crippen molar-refractivity contribution in [2.75, 3.05) is 13.2 Å². The van der Waals surface area contributed by atoms with Gasteiger partial charge in [-0.2, -0.15) is 0 Å². The lowest BCUT2D eigenvalue weighted by Gasteiger charge is -2.18. The fourth-order valence-corrected chi connectivity index (χ4v) is 9.18. The number of hydrogen-bond acceptors (Lipinski definition) is 6. The second kappa shape index (κ2) is 64.9. The summed E-state index contributed by atoms with van der Waals surface area (Å²) < 4.78 is 16.9. The molecule has 1 unspecified atom stereocenters. The Kier molecular flexibility index (Phi) is 61.8. The van der Waals surface area contributed by atoms with Crippen LogP contribution < -0.4 is 0 Å². The summed E-state index contributed by atoms with van der Waals surface area (Å²) in [6, 6.07) is 0. The Morgan fingerprint density at radius 3 is 0.792 bits per heavy atom. The van der Waals surface area contributed by atoms with Crippen molar-refractivity contribution in [1.82, 2.24) is 0 Å². The van der Waals surface area contributed by atoms with E-state index in [0.29, 0.717) is 19.3 Å². The van der Waals surface area contributed by atoms with Gasteiger partial charge in [0.2, 0.25) is 0 Å². The molecule has 0 aromatic heterocycles. The van der Waals surface area contributed by atoms with Crippen LogP contribution in [0.25, 0.3) is 0 Å². The first-order chi connectivity index (χ1) is 38.0. The van der Waals surface area contributed by atoms with Gasteiger partial charge in [0.1, 0.15) is 13.2 Å². The number of carbonyl (C=O) groups is 3. The Morgan fingerprint density at radius 2 is 0.506 bits per heavy atom. The summed E-state index contributed by atoms with van der Waals surface area (Å²) in [4.78, 5) is 38.3. The minimum absolute atomic E-state index is 0.0837. The molecule has 0 heterocycles. The van der Waals surface area contributed by atoms with E-state index < -0.39 is 6.10 Å². The summed E-state index contributed by atoms with van der Waals surface area (Å²) >= 11 is 0. The highest BCUT2D eigenvalue weighted by atomic mass is 16.6. The normalized spacial score (nSPS) is 12.7. The number of carbonyl (C=O) groups excluding carboxylic acids is 3. The first-order valence-electron chi connectivity index (χ1n) is 32.7. The minimum Gasteiger partial charge on any atom is -0.462 e. The molecular weight excluding hydrogens is 949 g/mol. The van der Waals surface area contributed by atoms with Crippen molar-refractivity contribution in [3.05, 3.63) is 97.2 Å². The Labute approximate surface area is 477 Å². The van der Waals surface area contributed by atoms with Gasteiger partial charge in [-0.15, -0.1) is 0 Å². The standard InChI is InChI=1S/C71H122O6/c1-4-7-10-13-16-19-22-24-26-28-30-32-33-34-35-36-37-39-40-42-44-46-49-52-55-58-61-64-70(73)76-67-68(66-75-69(72)63-60-57-54-51-48-21-18-15-12-9-6-3)77-71(74)65-62-59-56-53-50-47-45-43-41-38-31-29-27-25-23-20-17-14-11-8-5-2/h8,11,17,20,22,24-25,27-28,30-31,33-34,38,43,45,68H,4-7,9-10,12-16,18-19,21,23,26,29,32,35-37,39-42,44,46-67H2,1-3H3/b11-8-,20-17-,24-22-,27-25-,30-28-,34-33-,38-31-,45-43-. The van der Waals surface area contributed by atoms with Crippen molar-refractivity contribution in [3.63, 3.8) is 0 Å². The van der Waals surface area contributed by atoms with E-state index in [1.807, 2.05) is 0 Å². The molecule has 0 aliphatic carbocycles. The van der Waals surface area contributed by atoms with Gasteiger partial charge in [-0.05, 0) is 103 Å². The van der Waals surface area contributed by atoms with Crippen LogP contribution in [-0.2, 0) is 28.6 Å². The average Bonchev–Trinajstić information content (AvgIpc) is 3.43. The van der Waals surface area contributed by atoms with Crippen molar-refractivity contribution in [3.8, 4) is 0 Å². The second-order valence-corrected chi connectivity index (χ2v) is 21.6. The van der Waals surface area contributed by atoms with Gasteiger partial charge < -0.3 is 14.2 Å². The van der Waals surface area contributed by atoms with E-state index >= 15 is 0 Å². The van der Waals surface area contributed by atoms with Crippen molar-refractivity contribution in [1.29, 1.82) is 0 Å². The zero-order chi connectivity index (χ0) is 55.7. The van der Waals surface area contributed by atoms with Gasteiger partial charge in [0.25, 0.3) is 0 Å².